The molecule has 0 aliphatic heterocycles. The van der Waals surface area contributed by atoms with E-state index in [1.807, 2.05) is 13.0 Å². The van der Waals surface area contributed by atoms with Crippen LogP contribution in [-0.4, -0.2) is 19.7 Å². The summed E-state index contributed by atoms with van der Waals surface area (Å²) >= 11 is 0. The molecule has 0 amide bonds. The van der Waals surface area contributed by atoms with Crippen molar-refractivity contribution < 1.29 is 4.39 Å². The normalized spacial score (nSPS) is 11.1. The van der Waals surface area contributed by atoms with Crippen molar-refractivity contribution in [3.63, 3.8) is 0 Å². The van der Waals surface area contributed by atoms with Crippen LogP contribution in [0, 0.1) is 5.82 Å². The van der Waals surface area contributed by atoms with E-state index in [0.29, 0.717) is 17.8 Å². The standard InChI is InChI=1S/C13H12FN5/c1-2-10-12(14)13(17-7-16-10)19-11-5-9(15)4-3-8(11)6-18-19/h3-7H,2,15H2,1H3. The molecule has 2 N–H and O–H groups in total. The summed E-state index contributed by atoms with van der Waals surface area (Å²) in [6.45, 7) is 1.84. The average Bonchev–Trinajstić information content (AvgIpc) is 2.82. The van der Waals surface area contributed by atoms with Crippen molar-refractivity contribution in [2.45, 2.75) is 13.3 Å². The molecule has 0 unspecified atom stereocenters. The third-order valence-electron chi connectivity index (χ3n) is 2.97. The molecule has 0 fully saturated rings. The highest BCUT2D eigenvalue weighted by Gasteiger charge is 2.14. The van der Waals surface area contributed by atoms with Crippen LogP contribution in [0.15, 0.2) is 30.7 Å². The van der Waals surface area contributed by atoms with Crippen LogP contribution >= 0.6 is 0 Å². The summed E-state index contributed by atoms with van der Waals surface area (Å²) < 4.78 is 15.7. The summed E-state index contributed by atoms with van der Waals surface area (Å²) in [6.07, 6.45) is 3.50. The SMILES string of the molecule is CCc1ncnc(-n2ncc3ccc(N)cc32)c1F. The third-order valence-corrected chi connectivity index (χ3v) is 2.97. The second kappa shape index (κ2) is 4.31. The van der Waals surface area contributed by atoms with Gasteiger partial charge in [-0.3, -0.25) is 0 Å². The van der Waals surface area contributed by atoms with E-state index in [0.717, 1.165) is 10.9 Å². The Labute approximate surface area is 108 Å². The van der Waals surface area contributed by atoms with Crippen molar-refractivity contribution in [2.24, 2.45) is 0 Å². The number of rotatable bonds is 2. The van der Waals surface area contributed by atoms with E-state index in [1.54, 1.807) is 18.3 Å². The molecule has 6 heteroatoms. The Hall–Kier alpha value is -2.50. The quantitative estimate of drug-likeness (QED) is 0.714. The van der Waals surface area contributed by atoms with Crippen LogP contribution in [0.2, 0.25) is 0 Å². The third kappa shape index (κ3) is 1.81. The maximum atomic E-state index is 14.2. The van der Waals surface area contributed by atoms with E-state index >= 15 is 0 Å². The van der Waals surface area contributed by atoms with Crippen LogP contribution in [0.3, 0.4) is 0 Å². The summed E-state index contributed by atoms with van der Waals surface area (Å²) in [5, 5.41) is 5.05. The van der Waals surface area contributed by atoms with Crippen molar-refractivity contribution in [1.82, 2.24) is 19.7 Å². The number of fused-ring (bicyclic) bond motifs is 1. The van der Waals surface area contributed by atoms with Crippen molar-refractivity contribution in [3.8, 4) is 5.82 Å². The average molecular weight is 257 g/mol. The van der Waals surface area contributed by atoms with Gasteiger partial charge in [0.25, 0.3) is 0 Å². The van der Waals surface area contributed by atoms with Gasteiger partial charge in [-0.15, -0.1) is 0 Å². The molecule has 0 saturated heterocycles. The number of anilines is 1. The number of hydrogen-bond acceptors (Lipinski definition) is 4. The minimum Gasteiger partial charge on any atom is -0.399 e. The van der Waals surface area contributed by atoms with Gasteiger partial charge in [0.15, 0.2) is 11.6 Å². The lowest BCUT2D eigenvalue weighted by molar-refractivity contribution is 0.577. The van der Waals surface area contributed by atoms with Gasteiger partial charge in [0, 0.05) is 11.1 Å². The van der Waals surface area contributed by atoms with Crippen LogP contribution in [0.4, 0.5) is 10.1 Å². The van der Waals surface area contributed by atoms with Gasteiger partial charge in [-0.1, -0.05) is 6.92 Å². The fraction of sp³-hybridized carbons (Fsp3) is 0.154. The van der Waals surface area contributed by atoms with Crippen LogP contribution in [-0.2, 0) is 6.42 Å². The van der Waals surface area contributed by atoms with E-state index in [1.165, 1.54) is 11.0 Å². The summed E-state index contributed by atoms with van der Waals surface area (Å²) in [4.78, 5) is 7.90. The first kappa shape index (κ1) is 11.6. The van der Waals surface area contributed by atoms with Crippen molar-refractivity contribution in [2.75, 3.05) is 5.73 Å². The van der Waals surface area contributed by atoms with Crippen molar-refractivity contribution >= 4 is 16.6 Å². The molecule has 0 spiro atoms. The summed E-state index contributed by atoms with van der Waals surface area (Å²) in [5.74, 6) is -0.301. The number of nitrogens with zero attached hydrogens (tertiary/aromatic N) is 4. The largest absolute Gasteiger partial charge is 0.399 e. The molecule has 0 saturated carbocycles. The lowest BCUT2D eigenvalue weighted by Gasteiger charge is -2.06. The van der Waals surface area contributed by atoms with Gasteiger partial charge in [0.05, 0.1) is 17.4 Å². The fourth-order valence-electron chi connectivity index (χ4n) is 1.99. The predicted octanol–water partition coefficient (Wildman–Crippen LogP) is 2.10. The number of aryl methyl sites for hydroxylation is 1. The Kier molecular flexibility index (Phi) is 2.63. The highest BCUT2D eigenvalue weighted by molar-refractivity contribution is 5.83. The summed E-state index contributed by atoms with van der Waals surface area (Å²) in [6, 6.07) is 5.37. The molecule has 5 nitrogen and oxygen atoms in total. The van der Waals surface area contributed by atoms with Crippen LogP contribution in [0.1, 0.15) is 12.6 Å². The van der Waals surface area contributed by atoms with Crippen molar-refractivity contribution in [1.29, 1.82) is 0 Å². The second-order valence-electron chi connectivity index (χ2n) is 4.19. The fourth-order valence-corrected chi connectivity index (χ4v) is 1.99. The second-order valence-corrected chi connectivity index (χ2v) is 4.19. The summed E-state index contributed by atoms with van der Waals surface area (Å²) in [7, 11) is 0. The van der Waals surface area contributed by atoms with E-state index in [9.17, 15) is 4.39 Å². The molecule has 0 radical (unpaired) electrons. The highest BCUT2D eigenvalue weighted by atomic mass is 19.1. The zero-order valence-electron chi connectivity index (χ0n) is 10.3. The maximum absolute atomic E-state index is 14.2. The number of benzene rings is 1. The first-order chi connectivity index (χ1) is 9.20. The van der Waals surface area contributed by atoms with Gasteiger partial charge in [-0.25, -0.2) is 19.0 Å². The first-order valence-electron chi connectivity index (χ1n) is 5.93. The number of nitrogen functional groups attached to an aromatic ring is 1. The van der Waals surface area contributed by atoms with E-state index in [-0.39, 0.29) is 5.82 Å². The Morgan fingerprint density at radius 1 is 1.32 bits per heavy atom. The zero-order chi connectivity index (χ0) is 13.4. The van der Waals surface area contributed by atoms with Crippen LogP contribution in [0.25, 0.3) is 16.7 Å². The van der Waals surface area contributed by atoms with Gasteiger partial charge in [-0.05, 0) is 24.6 Å². The molecule has 96 valence electrons. The van der Waals surface area contributed by atoms with E-state index in [2.05, 4.69) is 15.1 Å². The van der Waals surface area contributed by atoms with Crippen LogP contribution in [0.5, 0.6) is 0 Å². The number of nitrogens with two attached hydrogens (primary N) is 1. The lowest BCUT2D eigenvalue weighted by atomic mass is 10.2. The van der Waals surface area contributed by atoms with E-state index in [4.69, 9.17) is 5.73 Å². The van der Waals surface area contributed by atoms with E-state index < -0.39 is 5.82 Å². The zero-order valence-corrected chi connectivity index (χ0v) is 10.3. The molecule has 2 aromatic heterocycles. The van der Waals surface area contributed by atoms with Crippen molar-refractivity contribution in [3.05, 3.63) is 42.2 Å². The number of hydrogen-bond donors (Lipinski definition) is 1. The molecule has 0 bridgehead atoms. The monoisotopic (exact) mass is 257 g/mol. The Balaban J connectivity index is 2.27. The van der Waals surface area contributed by atoms with Gasteiger partial charge < -0.3 is 5.73 Å². The number of halogens is 1. The van der Waals surface area contributed by atoms with Gasteiger partial charge in [-0.2, -0.15) is 5.10 Å². The smallest absolute Gasteiger partial charge is 0.193 e. The summed E-state index contributed by atoms with van der Waals surface area (Å²) in [5.41, 5.74) is 7.45. The first-order valence-corrected chi connectivity index (χ1v) is 5.93. The lowest BCUT2D eigenvalue weighted by Crippen LogP contribution is -2.07. The Morgan fingerprint density at radius 3 is 2.95 bits per heavy atom. The minimum absolute atomic E-state index is 0.146. The van der Waals surface area contributed by atoms with Gasteiger partial charge in [0.2, 0.25) is 0 Å². The number of aromatic nitrogens is 4. The molecular weight excluding hydrogens is 245 g/mol. The Bertz CT molecular complexity index is 750. The maximum Gasteiger partial charge on any atom is 0.193 e. The molecule has 3 rings (SSSR count). The highest BCUT2D eigenvalue weighted by Crippen LogP contribution is 2.21. The van der Waals surface area contributed by atoms with Gasteiger partial charge in [0.1, 0.15) is 6.33 Å². The molecule has 0 atom stereocenters. The topological polar surface area (TPSA) is 69.6 Å². The van der Waals surface area contributed by atoms with Crippen LogP contribution < -0.4 is 5.73 Å². The molecule has 3 aromatic rings. The molecule has 2 heterocycles. The molecule has 0 aliphatic rings. The molecule has 1 aromatic carbocycles. The molecular formula is C13H12FN5. The Morgan fingerprint density at radius 2 is 2.16 bits per heavy atom. The minimum atomic E-state index is -0.447. The molecule has 0 aliphatic carbocycles. The molecule has 19 heavy (non-hydrogen) atoms. The predicted molar refractivity (Wildman–Crippen MR) is 70.4 cm³/mol. The van der Waals surface area contributed by atoms with Gasteiger partial charge >= 0.3 is 0 Å².